The number of Topliss-reactive ketones (excluding diaryl/α,β-unsaturated/α-hetero) is 1. The Morgan fingerprint density at radius 1 is 1.47 bits per heavy atom. The fourth-order valence-corrected chi connectivity index (χ4v) is 1.92. The van der Waals surface area contributed by atoms with E-state index in [1.165, 1.54) is 0 Å². The molecule has 0 radical (unpaired) electrons. The second-order valence-electron chi connectivity index (χ2n) is 4.11. The Labute approximate surface area is 97.3 Å². The number of H-pyrrole nitrogens is 1. The number of hydrogen-bond acceptors (Lipinski definition) is 3. The van der Waals surface area contributed by atoms with E-state index in [-0.39, 0.29) is 5.78 Å². The van der Waals surface area contributed by atoms with Crippen molar-refractivity contribution in [1.29, 1.82) is 0 Å². The molecule has 0 saturated carbocycles. The van der Waals surface area contributed by atoms with E-state index in [9.17, 15) is 4.79 Å². The first-order valence-electron chi connectivity index (χ1n) is 5.42. The largest absolute Gasteiger partial charge is 0.321 e. The average molecular weight is 228 g/mol. The van der Waals surface area contributed by atoms with Crippen molar-refractivity contribution < 1.29 is 4.79 Å². The molecule has 3 rings (SSSR count). The van der Waals surface area contributed by atoms with Gasteiger partial charge in [0, 0.05) is 6.20 Å². The number of fused-ring (bicyclic) bond motifs is 3. The maximum Gasteiger partial charge on any atom is 0.212 e. The highest BCUT2D eigenvalue weighted by Crippen LogP contribution is 2.16. The van der Waals surface area contributed by atoms with Crippen molar-refractivity contribution in [3.63, 3.8) is 0 Å². The van der Waals surface area contributed by atoms with Crippen molar-refractivity contribution in [2.45, 2.75) is 13.0 Å². The number of carbonyl (C=O) groups excluding carboxylic acids is 1. The molecule has 0 aliphatic heterocycles. The summed E-state index contributed by atoms with van der Waals surface area (Å²) in [5, 5.41) is 0. The van der Waals surface area contributed by atoms with Crippen LogP contribution in [0.4, 0.5) is 0 Å². The molecule has 86 valence electrons. The maximum absolute atomic E-state index is 11.8. The zero-order chi connectivity index (χ0) is 12.0. The van der Waals surface area contributed by atoms with Gasteiger partial charge in [-0.05, 0) is 19.1 Å². The first kappa shape index (κ1) is 10.0. The van der Waals surface area contributed by atoms with Crippen LogP contribution in [0.3, 0.4) is 0 Å². The Hall–Kier alpha value is -2.14. The Bertz CT molecular complexity index is 708. The van der Waals surface area contributed by atoms with Gasteiger partial charge in [-0.25, -0.2) is 4.98 Å². The summed E-state index contributed by atoms with van der Waals surface area (Å²) < 4.78 is 1.87. The van der Waals surface area contributed by atoms with Crippen LogP contribution in [0.1, 0.15) is 17.4 Å². The Morgan fingerprint density at radius 2 is 2.24 bits per heavy atom. The van der Waals surface area contributed by atoms with E-state index < -0.39 is 6.04 Å². The highest BCUT2D eigenvalue weighted by Gasteiger charge is 2.15. The van der Waals surface area contributed by atoms with Crippen molar-refractivity contribution in [2.75, 3.05) is 0 Å². The number of aromatic nitrogens is 3. The van der Waals surface area contributed by atoms with E-state index in [2.05, 4.69) is 9.97 Å². The predicted molar refractivity (Wildman–Crippen MR) is 65.0 cm³/mol. The van der Waals surface area contributed by atoms with Gasteiger partial charge in [-0.15, -0.1) is 0 Å². The molecular formula is C12H12N4O. The predicted octanol–water partition coefficient (Wildman–Crippen LogP) is 1.35. The van der Waals surface area contributed by atoms with E-state index in [0.717, 1.165) is 11.0 Å². The third-order valence-corrected chi connectivity index (χ3v) is 2.78. The van der Waals surface area contributed by atoms with Crippen molar-refractivity contribution in [3.05, 3.63) is 36.2 Å². The third kappa shape index (κ3) is 1.43. The Balaban J connectivity index is 2.23. The molecule has 0 aliphatic rings. The van der Waals surface area contributed by atoms with Gasteiger partial charge in [-0.2, -0.15) is 0 Å². The first-order valence-corrected chi connectivity index (χ1v) is 5.42. The van der Waals surface area contributed by atoms with Crippen LogP contribution < -0.4 is 5.73 Å². The van der Waals surface area contributed by atoms with Crippen LogP contribution in [0.5, 0.6) is 0 Å². The average Bonchev–Trinajstić information content (AvgIpc) is 2.84. The number of hydrogen-bond donors (Lipinski definition) is 2. The zero-order valence-corrected chi connectivity index (χ0v) is 9.34. The second-order valence-corrected chi connectivity index (χ2v) is 4.11. The van der Waals surface area contributed by atoms with Crippen LogP contribution in [0.25, 0.3) is 16.8 Å². The van der Waals surface area contributed by atoms with Crippen LogP contribution >= 0.6 is 0 Å². The molecule has 1 unspecified atom stereocenters. The lowest BCUT2D eigenvalue weighted by Gasteiger charge is -1.99. The number of aromatic amines is 1. The molecule has 2 aromatic heterocycles. The van der Waals surface area contributed by atoms with Crippen LogP contribution in [-0.4, -0.2) is 26.2 Å². The van der Waals surface area contributed by atoms with Crippen LogP contribution in [0, 0.1) is 0 Å². The van der Waals surface area contributed by atoms with Gasteiger partial charge in [0.1, 0.15) is 5.69 Å². The molecule has 3 aromatic rings. The summed E-state index contributed by atoms with van der Waals surface area (Å²) >= 11 is 0. The lowest BCUT2D eigenvalue weighted by molar-refractivity contribution is 0.0963. The summed E-state index contributed by atoms with van der Waals surface area (Å²) in [7, 11) is 0. The topological polar surface area (TPSA) is 76.2 Å². The molecule has 17 heavy (non-hydrogen) atoms. The molecule has 3 N–H and O–H groups in total. The molecular weight excluding hydrogens is 216 g/mol. The van der Waals surface area contributed by atoms with E-state index in [1.54, 1.807) is 13.1 Å². The van der Waals surface area contributed by atoms with Gasteiger partial charge >= 0.3 is 0 Å². The number of para-hydroxylation sites is 2. The molecule has 0 spiro atoms. The summed E-state index contributed by atoms with van der Waals surface area (Å²) in [5.41, 5.74) is 7.94. The van der Waals surface area contributed by atoms with E-state index in [1.807, 2.05) is 28.7 Å². The fourth-order valence-electron chi connectivity index (χ4n) is 1.92. The number of carbonyl (C=O) groups is 1. The van der Waals surface area contributed by atoms with Crippen LogP contribution in [-0.2, 0) is 0 Å². The lowest BCUT2D eigenvalue weighted by atomic mass is 10.2. The van der Waals surface area contributed by atoms with Gasteiger partial charge in [0.25, 0.3) is 0 Å². The minimum Gasteiger partial charge on any atom is -0.321 e. The number of nitrogens with zero attached hydrogens (tertiary/aromatic N) is 2. The molecule has 5 nitrogen and oxygen atoms in total. The van der Waals surface area contributed by atoms with Crippen LogP contribution in [0.15, 0.2) is 30.5 Å². The standard InChI is InChI=1S/C12H12N4O/c1-7(13)11(17)9-6-16-10-5-3-2-4-8(10)14-12(16)15-9/h2-7H,13H2,1H3,(H,14,15). The third-order valence-electron chi connectivity index (χ3n) is 2.78. The van der Waals surface area contributed by atoms with E-state index >= 15 is 0 Å². The maximum atomic E-state index is 11.8. The number of rotatable bonds is 2. The molecule has 0 aliphatic carbocycles. The molecule has 0 bridgehead atoms. The molecule has 1 atom stereocenters. The number of ketones is 1. The van der Waals surface area contributed by atoms with Crippen molar-refractivity contribution in [2.24, 2.45) is 5.73 Å². The van der Waals surface area contributed by atoms with Gasteiger partial charge in [-0.3, -0.25) is 9.20 Å². The van der Waals surface area contributed by atoms with Crippen molar-refractivity contribution in [1.82, 2.24) is 14.4 Å². The molecule has 0 amide bonds. The minimum atomic E-state index is -0.510. The van der Waals surface area contributed by atoms with Gasteiger partial charge in [0.05, 0.1) is 17.1 Å². The number of imidazole rings is 2. The molecule has 1 aromatic carbocycles. The zero-order valence-electron chi connectivity index (χ0n) is 9.34. The summed E-state index contributed by atoms with van der Waals surface area (Å²) in [4.78, 5) is 19.1. The summed E-state index contributed by atoms with van der Waals surface area (Å²) in [6, 6.07) is 7.26. The van der Waals surface area contributed by atoms with Crippen molar-refractivity contribution in [3.8, 4) is 0 Å². The first-order chi connectivity index (χ1) is 8.16. The summed E-state index contributed by atoms with van der Waals surface area (Å²) in [6.45, 7) is 1.67. The van der Waals surface area contributed by atoms with Gasteiger partial charge in [0.15, 0.2) is 5.78 Å². The van der Waals surface area contributed by atoms with Gasteiger partial charge in [0.2, 0.25) is 5.78 Å². The monoisotopic (exact) mass is 228 g/mol. The highest BCUT2D eigenvalue weighted by molar-refractivity contribution is 5.99. The van der Waals surface area contributed by atoms with Crippen LogP contribution in [0.2, 0.25) is 0 Å². The summed E-state index contributed by atoms with van der Waals surface area (Å²) in [6.07, 6.45) is 1.75. The second kappa shape index (κ2) is 3.43. The minimum absolute atomic E-state index is 0.111. The van der Waals surface area contributed by atoms with Gasteiger partial charge < -0.3 is 10.7 Å². The molecule has 5 heteroatoms. The van der Waals surface area contributed by atoms with E-state index in [0.29, 0.717) is 11.5 Å². The SMILES string of the molecule is CC(N)C(=O)c1cn2c(nc3ccccc32)[nH]1. The Morgan fingerprint density at radius 3 is 3.00 bits per heavy atom. The van der Waals surface area contributed by atoms with Crippen molar-refractivity contribution >= 4 is 22.6 Å². The number of benzene rings is 1. The molecule has 2 heterocycles. The molecule has 0 fully saturated rings. The quantitative estimate of drug-likeness (QED) is 0.650. The van der Waals surface area contributed by atoms with E-state index in [4.69, 9.17) is 5.73 Å². The number of nitrogens with two attached hydrogens (primary N) is 1. The Kier molecular flexibility index (Phi) is 2.02. The normalized spacial score (nSPS) is 13.3. The fraction of sp³-hybridized carbons (Fsp3) is 0.167. The molecule has 0 saturated heterocycles. The summed E-state index contributed by atoms with van der Waals surface area (Å²) in [5.74, 6) is 0.551. The van der Waals surface area contributed by atoms with Gasteiger partial charge in [-0.1, -0.05) is 12.1 Å². The highest BCUT2D eigenvalue weighted by atomic mass is 16.1. The number of nitrogens with one attached hydrogen (secondary N) is 1. The smallest absolute Gasteiger partial charge is 0.212 e. The lowest BCUT2D eigenvalue weighted by Crippen LogP contribution is -2.26.